The van der Waals surface area contributed by atoms with Crippen molar-refractivity contribution < 1.29 is 9.53 Å². The number of carbonyl (C=O) groups excluding carboxylic acids is 1. The Labute approximate surface area is 170 Å². The van der Waals surface area contributed by atoms with Crippen molar-refractivity contribution in [2.75, 3.05) is 33.3 Å². The number of carbonyl (C=O) groups is 1. The smallest absolute Gasteiger partial charge is 0.254 e. The molecule has 0 aliphatic carbocycles. The molecule has 1 aliphatic heterocycles. The van der Waals surface area contributed by atoms with Crippen LogP contribution >= 0.6 is 0 Å². The molecular weight excluding hydrogens is 366 g/mol. The summed E-state index contributed by atoms with van der Waals surface area (Å²) in [6.07, 6.45) is 4.13. The van der Waals surface area contributed by atoms with Crippen molar-refractivity contribution in [3.05, 3.63) is 53.5 Å². The zero-order valence-corrected chi connectivity index (χ0v) is 17.0. The maximum atomic E-state index is 12.9. The summed E-state index contributed by atoms with van der Waals surface area (Å²) in [5.41, 5.74) is 4.84. The molecule has 1 amide bonds. The van der Waals surface area contributed by atoms with Gasteiger partial charge in [0.15, 0.2) is 5.65 Å². The van der Waals surface area contributed by atoms with E-state index in [1.54, 1.807) is 17.8 Å². The lowest BCUT2D eigenvalue weighted by molar-refractivity contribution is 0.0942. The third kappa shape index (κ3) is 4.02. The Bertz CT molecular complexity index is 993. The number of likely N-dealkylation sites (tertiary alicyclic amines) is 1. The number of aryl methyl sites for hydroxylation is 1. The maximum absolute atomic E-state index is 12.9. The lowest BCUT2D eigenvalue weighted by atomic mass is 10.1. The number of rotatable bonds is 7. The van der Waals surface area contributed by atoms with Crippen molar-refractivity contribution in [1.82, 2.24) is 24.8 Å². The molecule has 7 heteroatoms. The molecule has 0 atom stereocenters. The number of methoxy groups -OCH3 is 1. The molecule has 0 radical (unpaired) electrons. The summed E-state index contributed by atoms with van der Waals surface area (Å²) in [4.78, 5) is 19.8. The summed E-state index contributed by atoms with van der Waals surface area (Å²) in [5, 5.41) is 7.71. The van der Waals surface area contributed by atoms with Crippen LogP contribution in [0.1, 0.15) is 34.6 Å². The summed E-state index contributed by atoms with van der Waals surface area (Å²) >= 11 is 0. The lowest BCUT2D eigenvalue weighted by Crippen LogP contribution is -2.34. The Hall–Kier alpha value is -2.77. The number of hydrogen-bond acceptors (Lipinski definition) is 5. The predicted molar refractivity (Wildman–Crippen MR) is 112 cm³/mol. The van der Waals surface area contributed by atoms with Crippen LogP contribution in [0.3, 0.4) is 0 Å². The van der Waals surface area contributed by atoms with Gasteiger partial charge in [-0.1, -0.05) is 30.3 Å². The fourth-order valence-corrected chi connectivity index (χ4v) is 3.97. The van der Waals surface area contributed by atoms with Crippen LogP contribution in [0.25, 0.3) is 16.8 Å². The first-order valence-corrected chi connectivity index (χ1v) is 10.1. The van der Waals surface area contributed by atoms with Crippen molar-refractivity contribution in [2.45, 2.75) is 26.4 Å². The van der Waals surface area contributed by atoms with Gasteiger partial charge in [-0.2, -0.15) is 5.10 Å². The van der Waals surface area contributed by atoms with Crippen molar-refractivity contribution in [3.8, 4) is 11.1 Å². The number of hydrogen-bond donors (Lipinski definition) is 1. The van der Waals surface area contributed by atoms with Gasteiger partial charge in [0.25, 0.3) is 5.91 Å². The first kappa shape index (κ1) is 19.5. The van der Waals surface area contributed by atoms with E-state index in [4.69, 9.17) is 4.74 Å². The first-order valence-electron chi connectivity index (χ1n) is 10.1. The average molecular weight is 393 g/mol. The SMILES string of the molecule is COCc1c(C(=O)NCCN2CCCC2)cnc2c(-c3ccccc3)c(C)nn12. The molecule has 1 N–H and O–H groups in total. The van der Waals surface area contributed by atoms with Gasteiger partial charge in [-0.15, -0.1) is 0 Å². The highest BCUT2D eigenvalue weighted by atomic mass is 16.5. The largest absolute Gasteiger partial charge is 0.378 e. The number of nitrogens with zero attached hydrogens (tertiary/aromatic N) is 4. The standard InChI is InChI=1S/C22H27N5O2/c1-16-20(17-8-4-3-5-9-17)21-24-14-18(19(15-29-2)27(21)25-16)22(28)23-10-13-26-11-6-7-12-26/h3-5,8-9,14H,6-7,10-13,15H2,1-2H3,(H,23,28). The Balaban J connectivity index is 1.64. The van der Waals surface area contributed by atoms with Crippen LogP contribution in [0, 0.1) is 6.92 Å². The van der Waals surface area contributed by atoms with Gasteiger partial charge in [0, 0.05) is 32.0 Å². The molecule has 0 spiro atoms. The molecule has 4 rings (SSSR count). The topological polar surface area (TPSA) is 71.8 Å². The molecule has 0 unspecified atom stereocenters. The van der Waals surface area contributed by atoms with E-state index in [1.165, 1.54) is 12.8 Å². The third-order valence-corrected chi connectivity index (χ3v) is 5.42. The molecule has 1 aromatic carbocycles. The second-order valence-electron chi connectivity index (χ2n) is 7.42. The van der Waals surface area contributed by atoms with Gasteiger partial charge in [0.05, 0.1) is 23.6 Å². The van der Waals surface area contributed by atoms with Gasteiger partial charge in [-0.25, -0.2) is 9.50 Å². The second-order valence-corrected chi connectivity index (χ2v) is 7.42. The van der Waals surface area contributed by atoms with E-state index in [0.717, 1.165) is 42.1 Å². The molecule has 1 aliphatic rings. The fourth-order valence-electron chi connectivity index (χ4n) is 3.97. The van der Waals surface area contributed by atoms with Crippen LogP contribution in [0.15, 0.2) is 36.5 Å². The number of amides is 1. The van der Waals surface area contributed by atoms with E-state index >= 15 is 0 Å². The van der Waals surface area contributed by atoms with Crippen LogP contribution in [0.5, 0.6) is 0 Å². The van der Waals surface area contributed by atoms with E-state index in [2.05, 4.69) is 20.3 Å². The molecule has 0 saturated carbocycles. The predicted octanol–water partition coefficient (Wildman–Crippen LogP) is 2.68. The second kappa shape index (κ2) is 8.71. The van der Waals surface area contributed by atoms with E-state index < -0.39 is 0 Å². The van der Waals surface area contributed by atoms with E-state index in [1.807, 2.05) is 37.3 Å². The first-order chi connectivity index (χ1) is 14.2. The van der Waals surface area contributed by atoms with Crippen molar-refractivity contribution in [2.24, 2.45) is 0 Å². The Morgan fingerprint density at radius 3 is 2.69 bits per heavy atom. The van der Waals surface area contributed by atoms with E-state index in [0.29, 0.717) is 17.8 Å². The van der Waals surface area contributed by atoms with Gasteiger partial charge < -0.3 is 15.0 Å². The van der Waals surface area contributed by atoms with Crippen molar-refractivity contribution >= 4 is 11.6 Å². The molecule has 1 saturated heterocycles. The molecule has 29 heavy (non-hydrogen) atoms. The van der Waals surface area contributed by atoms with Crippen molar-refractivity contribution in [1.29, 1.82) is 0 Å². The zero-order valence-electron chi connectivity index (χ0n) is 17.0. The highest BCUT2D eigenvalue weighted by Crippen LogP contribution is 2.28. The summed E-state index contributed by atoms with van der Waals surface area (Å²) < 4.78 is 7.14. The monoisotopic (exact) mass is 393 g/mol. The van der Waals surface area contributed by atoms with Gasteiger partial charge in [0.2, 0.25) is 0 Å². The van der Waals surface area contributed by atoms with Gasteiger partial charge in [-0.05, 0) is 38.4 Å². The number of benzene rings is 1. The molecule has 152 valence electrons. The van der Waals surface area contributed by atoms with Crippen molar-refractivity contribution in [3.63, 3.8) is 0 Å². The van der Waals surface area contributed by atoms with E-state index in [-0.39, 0.29) is 12.5 Å². The Morgan fingerprint density at radius 2 is 1.97 bits per heavy atom. The normalized spacial score (nSPS) is 14.6. The molecule has 3 aromatic rings. The quantitative estimate of drug-likeness (QED) is 0.668. The van der Waals surface area contributed by atoms with Gasteiger partial charge >= 0.3 is 0 Å². The van der Waals surface area contributed by atoms with Crippen LogP contribution in [-0.2, 0) is 11.3 Å². The molecule has 2 aromatic heterocycles. The highest BCUT2D eigenvalue weighted by Gasteiger charge is 2.21. The summed E-state index contributed by atoms with van der Waals surface area (Å²) in [6, 6.07) is 10.1. The minimum atomic E-state index is -0.139. The average Bonchev–Trinajstić information content (AvgIpc) is 3.36. The zero-order chi connectivity index (χ0) is 20.2. The minimum absolute atomic E-state index is 0.139. The molecule has 0 bridgehead atoms. The Morgan fingerprint density at radius 1 is 1.21 bits per heavy atom. The Kier molecular flexibility index (Phi) is 5.87. The highest BCUT2D eigenvalue weighted by molar-refractivity contribution is 5.95. The summed E-state index contributed by atoms with van der Waals surface area (Å²) in [5.74, 6) is -0.139. The molecule has 1 fully saturated rings. The number of ether oxygens (including phenoxy) is 1. The lowest BCUT2D eigenvalue weighted by Gasteiger charge is -2.15. The van der Waals surface area contributed by atoms with Crippen LogP contribution in [0.4, 0.5) is 0 Å². The molecule has 3 heterocycles. The molecule has 7 nitrogen and oxygen atoms in total. The van der Waals surface area contributed by atoms with Gasteiger partial charge in [0.1, 0.15) is 0 Å². The van der Waals surface area contributed by atoms with Gasteiger partial charge in [-0.3, -0.25) is 4.79 Å². The fraction of sp³-hybridized carbons (Fsp3) is 0.409. The third-order valence-electron chi connectivity index (χ3n) is 5.42. The number of fused-ring (bicyclic) bond motifs is 1. The van der Waals surface area contributed by atoms with E-state index in [9.17, 15) is 4.79 Å². The number of nitrogens with one attached hydrogen (secondary N) is 1. The summed E-state index contributed by atoms with van der Waals surface area (Å²) in [6.45, 7) is 5.98. The summed E-state index contributed by atoms with van der Waals surface area (Å²) in [7, 11) is 1.62. The van der Waals surface area contributed by atoms with Crippen LogP contribution in [-0.4, -0.2) is 58.7 Å². The number of aromatic nitrogens is 3. The van der Waals surface area contributed by atoms with Crippen LogP contribution in [0.2, 0.25) is 0 Å². The maximum Gasteiger partial charge on any atom is 0.254 e. The molecular formula is C22H27N5O2. The minimum Gasteiger partial charge on any atom is -0.378 e. The van der Waals surface area contributed by atoms with Crippen LogP contribution < -0.4 is 5.32 Å².